The molecule has 0 radical (unpaired) electrons. The van der Waals surface area contributed by atoms with Gasteiger partial charge in [0.1, 0.15) is 29.7 Å². The highest BCUT2D eigenvalue weighted by Crippen LogP contribution is 2.37. The average molecular weight is 652 g/mol. The third kappa shape index (κ3) is 7.25. The lowest BCUT2D eigenvalue weighted by atomic mass is 10.1. The minimum atomic E-state index is -3.58. The van der Waals surface area contributed by atoms with E-state index in [0.29, 0.717) is 11.4 Å². The molecule has 1 saturated heterocycles. The second kappa shape index (κ2) is 12.0. The first-order chi connectivity index (χ1) is 20.7. The third-order valence-electron chi connectivity index (χ3n) is 6.68. The number of anilines is 3. The lowest BCUT2D eigenvalue weighted by Gasteiger charge is -2.40. The highest BCUT2D eigenvalue weighted by atomic mass is 35.5. The number of hydrogen-bond donors (Lipinski definition) is 2. The molecule has 2 aromatic heterocycles. The van der Waals surface area contributed by atoms with Crippen LogP contribution in [0.1, 0.15) is 22.8 Å². The Labute approximate surface area is 255 Å². The number of aryl methyl sites for hydroxylation is 1. The molecule has 0 saturated carbocycles. The Hall–Kier alpha value is -4.30. The zero-order valence-electron chi connectivity index (χ0n) is 23.4. The summed E-state index contributed by atoms with van der Waals surface area (Å²) in [6.45, 7) is 0.232. The van der Waals surface area contributed by atoms with Gasteiger partial charge in [0, 0.05) is 36.1 Å². The number of sulfonamides is 1. The first-order valence-corrected chi connectivity index (χ1v) is 15.2. The number of carbonyl (C=O) groups is 1. The lowest BCUT2D eigenvalue weighted by molar-refractivity contribution is -0.0263. The second-order valence-corrected chi connectivity index (χ2v) is 12.7. The Bertz CT molecular complexity index is 1820. The summed E-state index contributed by atoms with van der Waals surface area (Å²) < 4.78 is 88.4. The van der Waals surface area contributed by atoms with Gasteiger partial charge in [0.2, 0.25) is 10.0 Å². The fourth-order valence-electron chi connectivity index (χ4n) is 4.56. The molecular weight excluding hydrogens is 626 g/mol. The summed E-state index contributed by atoms with van der Waals surface area (Å²) in [6, 6.07) is 10.2. The number of ether oxygens (including phenoxy) is 1. The summed E-state index contributed by atoms with van der Waals surface area (Å²) in [5.41, 5.74) is 1.84. The molecule has 0 atom stereocenters. The number of halogens is 5. The number of amides is 1. The van der Waals surface area contributed by atoms with Crippen LogP contribution in [0, 0.1) is 11.6 Å². The average Bonchev–Trinajstić information content (AvgIpc) is 3.30. The van der Waals surface area contributed by atoms with Crippen molar-refractivity contribution in [1.82, 2.24) is 9.55 Å². The van der Waals surface area contributed by atoms with Crippen LogP contribution in [0.5, 0.6) is 5.75 Å². The first-order valence-electron chi connectivity index (χ1n) is 13.2. The topological polar surface area (TPSA) is 106 Å². The molecule has 1 amide bonds. The van der Waals surface area contributed by atoms with Crippen LogP contribution >= 0.6 is 11.6 Å². The van der Waals surface area contributed by atoms with Gasteiger partial charge in [-0.2, -0.15) is 0 Å². The monoisotopic (exact) mass is 651 g/mol. The van der Waals surface area contributed by atoms with E-state index in [2.05, 4.69) is 15.0 Å². The fourth-order valence-corrected chi connectivity index (χ4v) is 5.42. The molecule has 4 aromatic rings. The molecule has 44 heavy (non-hydrogen) atoms. The van der Waals surface area contributed by atoms with Crippen LogP contribution in [0.2, 0.25) is 5.02 Å². The number of rotatable bonds is 10. The highest BCUT2D eigenvalue weighted by Gasteiger charge is 2.44. The summed E-state index contributed by atoms with van der Waals surface area (Å²) in [5.74, 6) is -4.96. The summed E-state index contributed by atoms with van der Waals surface area (Å²) in [4.78, 5) is 19.0. The van der Waals surface area contributed by atoms with E-state index in [9.17, 15) is 30.8 Å². The van der Waals surface area contributed by atoms with Crippen molar-refractivity contribution in [2.24, 2.45) is 7.05 Å². The summed E-state index contributed by atoms with van der Waals surface area (Å²) >= 11 is 6.14. The number of alkyl halides is 2. The second-order valence-electron chi connectivity index (χ2n) is 10.2. The molecule has 0 bridgehead atoms. The van der Waals surface area contributed by atoms with Crippen LogP contribution < -0.4 is 19.7 Å². The smallest absolute Gasteiger partial charge is 0.282 e. The van der Waals surface area contributed by atoms with Gasteiger partial charge in [-0.25, -0.2) is 31.0 Å². The molecule has 3 heterocycles. The Morgan fingerprint density at radius 2 is 1.73 bits per heavy atom. The predicted octanol–water partition coefficient (Wildman–Crippen LogP) is 6.07. The van der Waals surface area contributed by atoms with Crippen LogP contribution in [-0.2, 0) is 23.7 Å². The third-order valence-corrected chi connectivity index (χ3v) is 8.21. The number of nitrogens with one attached hydrogen (secondary N) is 2. The number of benzene rings is 2. The SMILES string of the molecule is CCS(=O)(=O)Nc1cc(Cl)cc(NC(=O)c2cc(-c3ncc(N4CC(F)(F)C4)cc3OCc3cc(F)cc(F)c3)n(C)c2)c1. The van der Waals surface area contributed by atoms with Gasteiger partial charge in [-0.3, -0.25) is 9.52 Å². The van der Waals surface area contributed by atoms with E-state index < -0.39 is 46.6 Å². The van der Waals surface area contributed by atoms with Crippen molar-refractivity contribution in [3.05, 3.63) is 88.7 Å². The van der Waals surface area contributed by atoms with E-state index in [-0.39, 0.29) is 51.3 Å². The molecule has 1 aliphatic heterocycles. The number of aromatic nitrogens is 2. The van der Waals surface area contributed by atoms with Crippen LogP contribution in [0.4, 0.5) is 34.6 Å². The Morgan fingerprint density at radius 1 is 1.05 bits per heavy atom. The predicted molar refractivity (Wildman–Crippen MR) is 159 cm³/mol. The minimum absolute atomic E-state index is 0.137. The highest BCUT2D eigenvalue weighted by molar-refractivity contribution is 7.92. The first kappa shape index (κ1) is 31.1. The van der Waals surface area contributed by atoms with Crippen molar-refractivity contribution in [3.63, 3.8) is 0 Å². The molecule has 15 heteroatoms. The molecule has 0 unspecified atom stereocenters. The van der Waals surface area contributed by atoms with Gasteiger partial charge in [0.15, 0.2) is 0 Å². The maximum atomic E-state index is 13.8. The van der Waals surface area contributed by atoms with Gasteiger partial charge in [-0.05, 0) is 48.9 Å². The molecule has 0 spiro atoms. The van der Waals surface area contributed by atoms with E-state index in [1.165, 1.54) is 54.5 Å². The van der Waals surface area contributed by atoms with Crippen LogP contribution in [0.15, 0.2) is 60.9 Å². The maximum Gasteiger partial charge on any atom is 0.282 e. The molecule has 9 nitrogen and oxygen atoms in total. The van der Waals surface area contributed by atoms with E-state index in [1.54, 1.807) is 11.6 Å². The van der Waals surface area contributed by atoms with Gasteiger partial charge in [-0.15, -0.1) is 0 Å². The number of carbonyl (C=O) groups excluding carboxylic acids is 1. The summed E-state index contributed by atoms with van der Waals surface area (Å²) in [7, 11) is -1.93. The minimum Gasteiger partial charge on any atom is -0.486 e. The zero-order chi connectivity index (χ0) is 31.8. The van der Waals surface area contributed by atoms with Crippen molar-refractivity contribution in [2.45, 2.75) is 19.5 Å². The number of pyridine rings is 1. The number of hydrogen-bond acceptors (Lipinski definition) is 6. The summed E-state index contributed by atoms with van der Waals surface area (Å²) in [5, 5.41) is 2.87. The standard InChI is InChI=1S/C29H26ClF4N5O4S/c1-3-44(41,42)37-23-8-19(30)7-22(10-23)36-28(40)18-6-25(38(2)13-18)27-26(43-14-17-4-20(31)9-21(32)5-17)11-24(12-35-27)39-15-29(33,34)16-39/h4-13,37H,3,14-16H2,1-2H3,(H,36,40). The Balaban J connectivity index is 1.42. The molecule has 232 valence electrons. The molecule has 0 aliphatic carbocycles. The van der Waals surface area contributed by atoms with Gasteiger partial charge in [0.25, 0.3) is 11.8 Å². The molecule has 1 fully saturated rings. The largest absolute Gasteiger partial charge is 0.486 e. The van der Waals surface area contributed by atoms with Gasteiger partial charge in [-0.1, -0.05) is 11.6 Å². The van der Waals surface area contributed by atoms with E-state index in [4.69, 9.17) is 16.3 Å². The molecule has 2 N–H and O–H groups in total. The summed E-state index contributed by atoms with van der Waals surface area (Å²) in [6.07, 6.45) is 2.92. The molecule has 5 rings (SSSR count). The van der Waals surface area contributed by atoms with Crippen LogP contribution in [0.3, 0.4) is 0 Å². The lowest BCUT2D eigenvalue weighted by Crippen LogP contribution is -2.56. The zero-order valence-corrected chi connectivity index (χ0v) is 24.9. The van der Waals surface area contributed by atoms with Crippen LogP contribution in [0.25, 0.3) is 11.4 Å². The van der Waals surface area contributed by atoms with Crippen molar-refractivity contribution in [1.29, 1.82) is 0 Å². The Kier molecular flexibility index (Phi) is 8.49. The van der Waals surface area contributed by atoms with E-state index in [1.807, 2.05) is 0 Å². The van der Waals surface area contributed by atoms with E-state index in [0.717, 1.165) is 18.2 Å². The molecule has 1 aliphatic rings. The number of nitrogens with zero attached hydrogens (tertiary/aromatic N) is 3. The van der Waals surface area contributed by atoms with Crippen molar-refractivity contribution >= 4 is 44.6 Å². The molecule has 2 aromatic carbocycles. The van der Waals surface area contributed by atoms with E-state index >= 15 is 0 Å². The quantitative estimate of drug-likeness (QED) is 0.202. The maximum absolute atomic E-state index is 13.8. The fraction of sp³-hybridized carbons (Fsp3) is 0.241. The van der Waals surface area contributed by atoms with Gasteiger partial charge < -0.3 is 19.5 Å². The Morgan fingerprint density at radius 3 is 2.39 bits per heavy atom. The van der Waals surface area contributed by atoms with Gasteiger partial charge in [0.05, 0.1) is 47.7 Å². The van der Waals surface area contributed by atoms with Crippen molar-refractivity contribution in [3.8, 4) is 17.1 Å². The van der Waals surface area contributed by atoms with Crippen molar-refractivity contribution in [2.75, 3.05) is 33.8 Å². The normalized spacial score (nSPS) is 14.2. The van der Waals surface area contributed by atoms with Crippen LogP contribution in [-0.4, -0.2) is 48.6 Å². The molecular formula is C29H26ClF4N5O4S. The van der Waals surface area contributed by atoms with Crippen molar-refractivity contribution < 1.29 is 35.5 Å². The van der Waals surface area contributed by atoms with Gasteiger partial charge >= 0.3 is 0 Å².